The van der Waals surface area contributed by atoms with Crippen molar-refractivity contribution in [2.45, 2.75) is 18.9 Å². The van der Waals surface area contributed by atoms with Crippen LogP contribution in [-0.4, -0.2) is 27.3 Å². The molecule has 1 saturated heterocycles. The molecule has 120 valence electrons. The van der Waals surface area contributed by atoms with E-state index in [1.54, 1.807) is 6.08 Å². The fraction of sp³-hybridized carbons (Fsp3) is 0.200. The van der Waals surface area contributed by atoms with Crippen LogP contribution < -0.4 is 0 Å². The van der Waals surface area contributed by atoms with Crippen molar-refractivity contribution in [3.63, 3.8) is 0 Å². The van der Waals surface area contributed by atoms with Crippen molar-refractivity contribution in [2.24, 2.45) is 0 Å². The third kappa shape index (κ3) is 2.83. The van der Waals surface area contributed by atoms with Crippen LogP contribution in [0.5, 0.6) is 0 Å². The normalized spacial score (nSPS) is 17.8. The molecule has 1 aliphatic heterocycles. The highest BCUT2D eigenvalue weighted by Crippen LogP contribution is 2.31. The number of para-hydroxylation sites is 2. The lowest BCUT2D eigenvalue weighted by Gasteiger charge is -2.21. The second-order valence-corrected chi connectivity index (χ2v) is 6.07. The average Bonchev–Trinajstić information content (AvgIpc) is 3.26. The van der Waals surface area contributed by atoms with Gasteiger partial charge in [0.25, 0.3) is 0 Å². The lowest BCUT2D eigenvalue weighted by molar-refractivity contribution is -0.126. The highest BCUT2D eigenvalue weighted by molar-refractivity contribution is 5.92. The van der Waals surface area contributed by atoms with E-state index in [9.17, 15) is 4.79 Å². The van der Waals surface area contributed by atoms with E-state index in [4.69, 9.17) is 0 Å². The third-order valence-electron chi connectivity index (χ3n) is 4.48. The van der Waals surface area contributed by atoms with Gasteiger partial charge in [-0.25, -0.2) is 4.98 Å². The van der Waals surface area contributed by atoms with E-state index in [2.05, 4.69) is 9.97 Å². The summed E-state index contributed by atoms with van der Waals surface area (Å²) >= 11 is 0. The Morgan fingerprint density at radius 2 is 1.92 bits per heavy atom. The van der Waals surface area contributed by atoms with E-state index in [1.165, 1.54) is 0 Å². The molecular weight excluding hydrogens is 298 g/mol. The van der Waals surface area contributed by atoms with Crippen molar-refractivity contribution in [2.75, 3.05) is 6.54 Å². The van der Waals surface area contributed by atoms with Crippen molar-refractivity contribution in [3.8, 4) is 0 Å². The molecule has 3 aromatic rings. The number of imidazole rings is 1. The molecule has 1 unspecified atom stereocenters. The summed E-state index contributed by atoms with van der Waals surface area (Å²) in [5.74, 6) is 0.928. The molecule has 1 N–H and O–H groups in total. The second kappa shape index (κ2) is 6.32. The van der Waals surface area contributed by atoms with Crippen molar-refractivity contribution < 1.29 is 4.79 Å². The number of hydrogen-bond acceptors (Lipinski definition) is 2. The Morgan fingerprint density at radius 1 is 1.12 bits per heavy atom. The van der Waals surface area contributed by atoms with Crippen LogP contribution in [0.4, 0.5) is 0 Å². The zero-order valence-electron chi connectivity index (χ0n) is 13.4. The predicted molar refractivity (Wildman–Crippen MR) is 95.3 cm³/mol. The minimum atomic E-state index is 0.0327. The maximum atomic E-state index is 12.6. The van der Waals surface area contributed by atoms with E-state index >= 15 is 0 Å². The Labute approximate surface area is 140 Å². The molecule has 0 aliphatic carbocycles. The number of likely N-dealkylation sites (tertiary alicyclic amines) is 1. The minimum absolute atomic E-state index is 0.0327. The summed E-state index contributed by atoms with van der Waals surface area (Å²) in [6.07, 6.45) is 5.49. The summed E-state index contributed by atoms with van der Waals surface area (Å²) in [4.78, 5) is 22.6. The summed E-state index contributed by atoms with van der Waals surface area (Å²) in [6.45, 7) is 0.777. The van der Waals surface area contributed by atoms with Crippen LogP contribution in [0.3, 0.4) is 0 Å². The van der Waals surface area contributed by atoms with Gasteiger partial charge in [-0.15, -0.1) is 0 Å². The number of aromatic nitrogens is 2. The van der Waals surface area contributed by atoms with E-state index < -0.39 is 0 Å². The molecule has 1 aromatic heterocycles. The second-order valence-electron chi connectivity index (χ2n) is 6.07. The summed E-state index contributed by atoms with van der Waals surface area (Å²) in [5, 5.41) is 0. The molecule has 1 amide bonds. The Hall–Kier alpha value is -2.88. The first kappa shape index (κ1) is 14.7. The van der Waals surface area contributed by atoms with Crippen molar-refractivity contribution >= 4 is 23.0 Å². The summed E-state index contributed by atoms with van der Waals surface area (Å²) in [7, 11) is 0. The lowest BCUT2D eigenvalue weighted by atomic mass is 10.2. The first-order valence-corrected chi connectivity index (χ1v) is 8.30. The molecule has 0 spiro atoms. The Bertz CT molecular complexity index is 849. The van der Waals surface area contributed by atoms with Gasteiger partial charge in [-0.2, -0.15) is 0 Å². The SMILES string of the molecule is O=C(C=Cc1ccccc1)N1CCCC1c1nc2ccccc2[nH]1. The molecule has 0 radical (unpaired) electrons. The van der Waals surface area contributed by atoms with Crippen LogP contribution in [-0.2, 0) is 4.79 Å². The van der Waals surface area contributed by atoms with Crippen molar-refractivity contribution in [3.05, 3.63) is 72.1 Å². The number of fused-ring (bicyclic) bond motifs is 1. The fourth-order valence-electron chi connectivity index (χ4n) is 3.27. The van der Waals surface area contributed by atoms with Crippen molar-refractivity contribution in [1.29, 1.82) is 0 Å². The van der Waals surface area contributed by atoms with E-state index in [-0.39, 0.29) is 11.9 Å². The largest absolute Gasteiger partial charge is 0.340 e. The van der Waals surface area contributed by atoms with Gasteiger partial charge in [-0.1, -0.05) is 42.5 Å². The Balaban J connectivity index is 1.56. The molecule has 2 heterocycles. The summed E-state index contributed by atoms with van der Waals surface area (Å²) < 4.78 is 0. The Kier molecular flexibility index (Phi) is 3.87. The van der Waals surface area contributed by atoms with Crippen molar-refractivity contribution in [1.82, 2.24) is 14.9 Å². The van der Waals surface area contributed by atoms with Crippen LogP contribution in [0.1, 0.15) is 30.3 Å². The smallest absolute Gasteiger partial charge is 0.247 e. The van der Waals surface area contributed by atoms with Gasteiger partial charge in [0.15, 0.2) is 0 Å². The number of amides is 1. The molecule has 4 nitrogen and oxygen atoms in total. The van der Waals surface area contributed by atoms with Gasteiger partial charge in [0.05, 0.1) is 17.1 Å². The number of carbonyl (C=O) groups is 1. The van der Waals surface area contributed by atoms with E-state index in [0.29, 0.717) is 0 Å². The molecule has 2 aromatic carbocycles. The first-order valence-electron chi connectivity index (χ1n) is 8.30. The number of nitrogens with one attached hydrogen (secondary N) is 1. The monoisotopic (exact) mass is 317 g/mol. The predicted octanol–water partition coefficient (Wildman–Crippen LogP) is 3.94. The number of H-pyrrole nitrogens is 1. The fourth-order valence-corrected chi connectivity index (χ4v) is 3.27. The van der Waals surface area contributed by atoms with Gasteiger partial charge >= 0.3 is 0 Å². The molecular formula is C20H19N3O. The molecule has 1 atom stereocenters. The maximum absolute atomic E-state index is 12.6. The quantitative estimate of drug-likeness (QED) is 0.744. The molecule has 4 heteroatoms. The van der Waals surface area contributed by atoms with Gasteiger partial charge < -0.3 is 9.88 Å². The number of benzene rings is 2. The van der Waals surface area contributed by atoms with Gasteiger partial charge in [0.2, 0.25) is 5.91 Å². The van der Waals surface area contributed by atoms with Gasteiger partial charge in [-0.05, 0) is 36.6 Å². The topological polar surface area (TPSA) is 49.0 Å². The molecule has 0 bridgehead atoms. The van der Waals surface area contributed by atoms with Crippen LogP contribution in [0.2, 0.25) is 0 Å². The van der Waals surface area contributed by atoms with Gasteiger partial charge in [-0.3, -0.25) is 4.79 Å². The highest BCUT2D eigenvalue weighted by Gasteiger charge is 2.30. The Morgan fingerprint density at radius 3 is 2.75 bits per heavy atom. The molecule has 4 rings (SSSR count). The highest BCUT2D eigenvalue weighted by atomic mass is 16.2. The molecule has 1 aliphatic rings. The van der Waals surface area contributed by atoms with Crippen LogP contribution in [0, 0.1) is 0 Å². The van der Waals surface area contributed by atoms with E-state index in [0.717, 1.165) is 41.8 Å². The van der Waals surface area contributed by atoms with Crippen LogP contribution in [0.15, 0.2) is 60.7 Å². The maximum Gasteiger partial charge on any atom is 0.247 e. The molecule has 0 saturated carbocycles. The number of aromatic amines is 1. The lowest BCUT2D eigenvalue weighted by Crippen LogP contribution is -2.29. The zero-order chi connectivity index (χ0) is 16.4. The summed E-state index contributed by atoms with van der Waals surface area (Å²) in [5.41, 5.74) is 3.00. The van der Waals surface area contributed by atoms with Gasteiger partial charge in [0.1, 0.15) is 5.82 Å². The summed E-state index contributed by atoms with van der Waals surface area (Å²) in [6, 6.07) is 17.9. The third-order valence-corrected chi connectivity index (χ3v) is 4.48. The van der Waals surface area contributed by atoms with Crippen LogP contribution >= 0.6 is 0 Å². The number of hydrogen-bond donors (Lipinski definition) is 1. The van der Waals surface area contributed by atoms with E-state index in [1.807, 2.05) is 65.6 Å². The standard InChI is InChI=1S/C20H19N3O/c24-19(13-12-15-7-2-1-3-8-15)23-14-6-11-18(23)20-21-16-9-4-5-10-17(16)22-20/h1-5,7-10,12-13,18H,6,11,14H2,(H,21,22). The first-order chi connectivity index (χ1) is 11.8. The number of nitrogens with zero attached hydrogens (tertiary/aromatic N) is 2. The number of rotatable bonds is 3. The molecule has 24 heavy (non-hydrogen) atoms. The minimum Gasteiger partial charge on any atom is -0.340 e. The number of carbonyl (C=O) groups excluding carboxylic acids is 1. The molecule has 1 fully saturated rings. The average molecular weight is 317 g/mol. The van der Waals surface area contributed by atoms with Crippen LogP contribution in [0.25, 0.3) is 17.1 Å². The zero-order valence-corrected chi connectivity index (χ0v) is 13.4. The van der Waals surface area contributed by atoms with Gasteiger partial charge in [0, 0.05) is 12.6 Å².